The smallest absolute Gasteiger partial charge is 0.0210 e. The maximum Gasteiger partial charge on any atom is 0.0210 e. The second-order valence-electron chi connectivity index (χ2n) is 4.11. The molecule has 2 aliphatic rings. The van der Waals surface area contributed by atoms with Gasteiger partial charge in [-0.3, -0.25) is 4.90 Å². The summed E-state index contributed by atoms with van der Waals surface area (Å²) in [5.41, 5.74) is 0.714. The predicted molar refractivity (Wildman–Crippen MR) is 47.7 cm³/mol. The molecule has 0 aromatic carbocycles. The number of hydrogen-bond donors (Lipinski definition) is 0. The van der Waals surface area contributed by atoms with E-state index in [2.05, 4.69) is 11.8 Å². The molecule has 1 nitrogen and oxygen atoms in total. The quantitative estimate of drug-likeness (QED) is 0.559. The molecular formula is C10H19N. The summed E-state index contributed by atoms with van der Waals surface area (Å²) in [6, 6.07) is 0. The molecule has 0 radical (unpaired) electrons. The van der Waals surface area contributed by atoms with E-state index < -0.39 is 0 Å². The molecule has 1 heterocycles. The van der Waals surface area contributed by atoms with Crippen molar-refractivity contribution in [2.45, 2.75) is 51.0 Å². The van der Waals surface area contributed by atoms with E-state index in [1.54, 1.807) is 0 Å². The highest BCUT2D eigenvalue weighted by Crippen LogP contribution is 2.47. The largest absolute Gasteiger partial charge is 0.298 e. The molecular weight excluding hydrogens is 134 g/mol. The third-order valence-corrected chi connectivity index (χ3v) is 3.45. The zero-order valence-electron chi connectivity index (χ0n) is 7.60. The fourth-order valence-electron chi connectivity index (χ4n) is 2.53. The minimum Gasteiger partial charge on any atom is -0.298 e. The van der Waals surface area contributed by atoms with Crippen LogP contribution in [0.15, 0.2) is 0 Å². The summed E-state index contributed by atoms with van der Waals surface area (Å²) in [4.78, 5) is 2.72. The van der Waals surface area contributed by atoms with Gasteiger partial charge in [-0.05, 0) is 38.8 Å². The van der Waals surface area contributed by atoms with Crippen molar-refractivity contribution in [1.82, 2.24) is 4.90 Å². The summed E-state index contributed by atoms with van der Waals surface area (Å²) in [5.74, 6) is 0. The molecule has 11 heavy (non-hydrogen) atoms. The molecule has 0 atom stereocenters. The maximum absolute atomic E-state index is 2.72. The molecule has 1 saturated carbocycles. The Morgan fingerprint density at radius 1 is 1.09 bits per heavy atom. The third-order valence-electron chi connectivity index (χ3n) is 3.45. The van der Waals surface area contributed by atoms with Crippen molar-refractivity contribution in [2.75, 3.05) is 13.1 Å². The van der Waals surface area contributed by atoms with E-state index in [9.17, 15) is 0 Å². The van der Waals surface area contributed by atoms with E-state index in [1.165, 1.54) is 51.6 Å². The standard InChI is InChI=1S/C10H19N/c1-2-11-9-5-3-4-6-10(11)7-8-10/h2-9H2,1H3. The number of likely N-dealkylation sites (tertiary alicyclic amines) is 1. The van der Waals surface area contributed by atoms with Crippen molar-refractivity contribution in [3.05, 3.63) is 0 Å². The van der Waals surface area contributed by atoms with Gasteiger partial charge in [0.05, 0.1) is 0 Å². The lowest BCUT2D eigenvalue weighted by Gasteiger charge is -2.28. The molecule has 1 spiro atoms. The van der Waals surface area contributed by atoms with Crippen LogP contribution < -0.4 is 0 Å². The molecule has 2 rings (SSSR count). The van der Waals surface area contributed by atoms with E-state index in [0.717, 1.165) is 0 Å². The van der Waals surface area contributed by atoms with Crippen molar-refractivity contribution in [3.8, 4) is 0 Å². The second-order valence-corrected chi connectivity index (χ2v) is 4.11. The molecule has 0 aromatic rings. The van der Waals surface area contributed by atoms with Crippen LogP contribution in [-0.4, -0.2) is 23.5 Å². The van der Waals surface area contributed by atoms with Gasteiger partial charge in [0, 0.05) is 5.54 Å². The SMILES string of the molecule is CCN1CCCCCC12CC2. The van der Waals surface area contributed by atoms with Crippen molar-refractivity contribution < 1.29 is 0 Å². The second kappa shape index (κ2) is 2.78. The van der Waals surface area contributed by atoms with Crippen LogP contribution in [0, 0.1) is 0 Å². The van der Waals surface area contributed by atoms with Crippen LogP contribution in [0.2, 0.25) is 0 Å². The maximum atomic E-state index is 2.72. The molecule has 1 heteroatoms. The van der Waals surface area contributed by atoms with Crippen LogP contribution in [0.5, 0.6) is 0 Å². The lowest BCUT2D eigenvalue weighted by Crippen LogP contribution is -2.36. The van der Waals surface area contributed by atoms with E-state index in [0.29, 0.717) is 5.54 Å². The van der Waals surface area contributed by atoms with E-state index in [-0.39, 0.29) is 0 Å². The van der Waals surface area contributed by atoms with Gasteiger partial charge in [0.1, 0.15) is 0 Å². The Balaban J connectivity index is 2.01. The molecule has 0 unspecified atom stereocenters. The van der Waals surface area contributed by atoms with Crippen LogP contribution in [0.4, 0.5) is 0 Å². The van der Waals surface area contributed by atoms with Gasteiger partial charge in [-0.15, -0.1) is 0 Å². The lowest BCUT2D eigenvalue weighted by atomic mass is 10.1. The van der Waals surface area contributed by atoms with Crippen molar-refractivity contribution in [3.63, 3.8) is 0 Å². The fourth-order valence-corrected chi connectivity index (χ4v) is 2.53. The monoisotopic (exact) mass is 153 g/mol. The molecule has 1 saturated heterocycles. The first-order chi connectivity index (χ1) is 5.37. The van der Waals surface area contributed by atoms with Gasteiger partial charge in [-0.2, -0.15) is 0 Å². The zero-order valence-corrected chi connectivity index (χ0v) is 7.60. The van der Waals surface area contributed by atoms with Crippen LogP contribution in [0.25, 0.3) is 0 Å². The Morgan fingerprint density at radius 3 is 2.55 bits per heavy atom. The van der Waals surface area contributed by atoms with Gasteiger partial charge >= 0.3 is 0 Å². The Hall–Kier alpha value is -0.0400. The molecule has 0 bridgehead atoms. The highest BCUT2D eigenvalue weighted by molar-refractivity contribution is 5.04. The normalized spacial score (nSPS) is 30.3. The van der Waals surface area contributed by atoms with Crippen molar-refractivity contribution in [1.29, 1.82) is 0 Å². The molecule has 64 valence electrons. The van der Waals surface area contributed by atoms with Gasteiger partial charge in [0.25, 0.3) is 0 Å². The molecule has 1 aliphatic carbocycles. The first kappa shape index (κ1) is 7.60. The van der Waals surface area contributed by atoms with Crippen LogP contribution in [-0.2, 0) is 0 Å². The fraction of sp³-hybridized carbons (Fsp3) is 1.00. The minimum atomic E-state index is 0.714. The van der Waals surface area contributed by atoms with Crippen LogP contribution in [0.1, 0.15) is 45.4 Å². The molecule has 1 aliphatic heterocycles. The average molecular weight is 153 g/mol. The first-order valence-corrected chi connectivity index (χ1v) is 5.12. The van der Waals surface area contributed by atoms with Gasteiger partial charge in [0.15, 0.2) is 0 Å². The predicted octanol–water partition coefficient (Wildman–Crippen LogP) is 2.41. The highest BCUT2D eigenvalue weighted by atomic mass is 15.2. The topological polar surface area (TPSA) is 3.24 Å². The van der Waals surface area contributed by atoms with Gasteiger partial charge in [-0.1, -0.05) is 19.8 Å². The first-order valence-electron chi connectivity index (χ1n) is 5.12. The van der Waals surface area contributed by atoms with E-state index in [4.69, 9.17) is 0 Å². The Kier molecular flexibility index (Phi) is 1.92. The number of hydrogen-bond acceptors (Lipinski definition) is 1. The summed E-state index contributed by atoms with van der Waals surface area (Å²) in [5, 5.41) is 0. The zero-order chi connectivity index (χ0) is 7.73. The Labute approximate surface area is 69.8 Å². The molecule has 0 N–H and O–H groups in total. The van der Waals surface area contributed by atoms with Gasteiger partial charge < -0.3 is 0 Å². The van der Waals surface area contributed by atoms with Crippen molar-refractivity contribution in [2.24, 2.45) is 0 Å². The summed E-state index contributed by atoms with van der Waals surface area (Å²) >= 11 is 0. The third kappa shape index (κ3) is 1.31. The molecule has 0 aromatic heterocycles. The van der Waals surface area contributed by atoms with Crippen LogP contribution >= 0.6 is 0 Å². The Morgan fingerprint density at radius 2 is 1.91 bits per heavy atom. The number of nitrogens with zero attached hydrogens (tertiary/aromatic N) is 1. The highest BCUT2D eigenvalue weighted by Gasteiger charge is 2.46. The van der Waals surface area contributed by atoms with Crippen molar-refractivity contribution >= 4 is 0 Å². The molecule has 0 amide bonds. The molecule has 2 fully saturated rings. The van der Waals surface area contributed by atoms with E-state index >= 15 is 0 Å². The summed E-state index contributed by atoms with van der Waals surface area (Å²) < 4.78 is 0. The Bertz CT molecular complexity index is 138. The average Bonchev–Trinajstić information content (AvgIpc) is 2.80. The van der Waals surface area contributed by atoms with E-state index in [1.807, 2.05) is 0 Å². The summed E-state index contributed by atoms with van der Waals surface area (Å²) in [6.07, 6.45) is 8.85. The van der Waals surface area contributed by atoms with Crippen LogP contribution in [0.3, 0.4) is 0 Å². The summed E-state index contributed by atoms with van der Waals surface area (Å²) in [7, 11) is 0. The summed E-state index contributed by atoms with van der Waals surface area (Å²) in [6.45, 7) is 4.96. The van der Waals surface area contributed by atoms with Gasteiger partial charge in [-0.25, -0.2) is 0 Å². The number of rotatable bonds is 1. The van der Waals surface area contributed by atoms with Gasteiger partial charge in [0.2, 0.25) is 0 Å². The minimum absolute atomic E-state index is 0.714. The lowest BCUT2D eigenvalue weighted by molar-refractivity contribution is 0.190.